The molecule has 0 saturated carbocycles. The van der Waals surface area contributed by atoms with Crippen LogP contribution in [0.5, 0.6) is 5.75 Å². The SMILES string of the molecule is Cc1ccc2c(c1)CCCOO2. The van der Waals surface area contributed by atoms with Gasteiger partial charge in [0.25, 0.3) is 0 Å². The molecular weight excluding hydrogens is 152 g/mol. The predicted molar refractivity (Wildman–Crippen MR) is 46.1 cm³/mol. The van der Waals surface area contributed by atoms with Crippen LogP contribution in [-0.2, 0) is 11.3 Å². The van der Waals surface area contributed by atoms with E-state index in [1.54, 1.807) is 0 Å². The molecule has 0 saturated heterocycles. The summed E-state index contributed by atoms with van der Waals surface area (Å²) >= 11 is 0. The fourth-order valence-corrected chi connectivity index (χ4v) is 1.41. The Morgan fingerprint density at radius 1 is 1.33 bits per heavy atom. The first-order valence-electron chi connectivity index (χ1n) is 4.25. The average molecular weight is 164 g/mol. The lowest BCUT2D eigenvalue weighted by molar-refractivity contribution is -0.203. The van der Waals surface area contributed by atoms with Crippen LogP contribution in [0.1, 0.15) is 17.5 Å². The lowest BCUT2D eigenvalue weighted by Gasteiger charge is -2.04. The Labute approximate surface area is 72.0 Å². The van der Waals surface area contributed by atoms with Crippen LogP contribution in [0.4, 0.5) is 0 Å². The zero-order chi connectivity index (χ0) is 8.39. The van der Waals surface area contributed by atoms with E-state index in [1.807, 2.05) is 12.1 Å². The summed E-state index contributed by atoms with van der Waals surface area (Å²) in [6.45, 7) is 2.78. The fourth-order valence-electron chi connectivity index (χ4n) is 1.41. The second kappa shape index (κ2) is 3.15. The molecule has 12 heavy (non-hydrogen) atoms. The van der Waals surface area contributed by atoms with Gasteiger partial charge in [-0.3, -0.25) is 0 Å². The third kappa shape index (κ3) is 1.43. The van der Waals surface area contributed by atoms with Crippen LogP contribution < -0.4 is 4.89 Å². The molecule has 0 bridgehead atoms. The van der Waals surface area contributed by atoms with Crippen LogP contribution in [0, 0.1) is 6.92 Å². The van der Waals surface area contributed by atoms with Crippen molar-refractivity contribution < 1.29 is 9.78 Å². The minimum atomic E-state index is 0.688. The number of hydrogen-bond acceptors (Lipinski definition) is 2. The molecule has 0 radical (unpaired) electrons. The molecule has 0 spiro atoms. The van der Waals surface area contributed by atoms with Gasteiger partial charge >= 0.3 is 0 Å². The predicted octanol–water partition coefficient (Wildman–Crippen LogP) is 2.25. The molecule has 0 N–H and O–H groups in total. The molecule has 2 nitrogen and oxygen atoms in total. The summed E-state index contributed by atoms with van der Waals surface area (Å²) in [6.07, 6.45) is 2.09. The van der Waals surface area contributed by atoms with E-state index in [9.17, 15) is 0 Å². The van der Waals surface area contributed by atoms with Crippen LogP contribution in [0.3, 0.4) is 0 Å². The highest BCUT2D eigenvalue weighted by Gasteiger charge is 2.08. The summed E-state index contributed by atoms with van der Waals surface area (Å²) in [5, 5.41) is 0. The molecule has 1 aromatic carbocycles. The minimum Gasteiger partial charge on any atom is -0.337 e. The topological polar surface area (TPSA) is 18.5 Å². The van der Waals surface area contributed by atoms with Crippen LogP contribution in [-0.4, -0.2) is 6.61 Å². The van der Waals surface area contributed by atoms with Crippen LogP contribution in [0.15, 0.2) is 18.2 Å². The van der Waals surface area contributed by atoms with Crippen LogP contribution in [0.25, 0.3) is 0 Å². The first-order valence-corrected chi connectivity index (χ1v) is 4.25. The molecule has 1 aliphatic heterocycles. The third-order valence-electron chi connectivity index (χ3n) is 2.04. The summed E-state index contributed by atoms with van der Waals surface area (Å²) in [5.41, 5.74) is 2.53. The maximum absolute atomic E-state index is 5.10. The van der Waals surface area contributed by atoms with E-state index in [2.05, 4.69) is 13.0 Å². The zero-order valence-corrected chi connectivity index (χ0v) is 7.17. The van der Waals surface area contributed by atoms with Crippen molar-refractivity contribution in [2.75, 3.05) is 6.61 Å². The Hall–Kier alpha value is -1.02. The van der Waals surface area contributed by atoms with Crippen molar-refractivity contribution in [1.82, 2.24) is 0 Å². The first kappa shape index (κ1) is 7.62. The number of hydrogen-bond donors (Lipinski definition) is 0. The van der Waals surface area contributed by atoms with E-state index >= 15 is 0 Å². The highest BCUT2D eigenvalue weighted by molar-refractivity contribution is 5.36. The summed E-state index contributed by atoms with van der Waals surface area (Å²) in [5.74, 6) is 0.873. The van der Waals surface area contributed by atoms with E-state index in [1.165, 1.54) is 11.1 Å². The molecule has 1 aliphatic rings. The third-order valence-corrected chi connectivity index (χ3v) is 2.04. The van der Waals surface area contributed by atoms with Crippen molar-refractivity contribution in [1.29, 1.82) is 0 Å². The largest absolute Gasteiger partial charge is 0.337 e. The number of aryl methyl sites for hydroxylation is 2. The minimum absolute atomic E-state index is 0.688. The summed E-state index contributed by atoms with van der Waals surface area (Å²) in [6, 6.07) is 6.16. The molecule has 1 heterocycles. The van der Waals surface area contributed by atoms with Crippen LogP contribution >= 0.6 is 0 Å². The molecule has 2 heteroatoms. The lowest BCUT2D eigenvalue weighted by Crippen LogP contribution is -1.95. The van der Waals surface area contributed by atoms with Gasteiger partial charge in [-0.05, 0) is 31.4 Å². The standard InChI is InChI=1S/C10H12O2/c1-8-4-5-10-9(7-8)3-2-6-11-12-10/h4-5,7H,2-3,6H2,1H3. The Morgan fingerprint density at radius 2 is 2.25 bits per heavy atom. The second-order valence-electron chi connectivity index (χ2n) is 3.12. The molecule has 0 aromatic heterocycles. The van der Waals surface area contributed by atoms with E-state index in [0.29, 0.717) is 6.61 Å². The van der Waals surface area contributed by atoms with Crippen LogP contribution in [0.2, 0.25) is 0 Å². The first-order chi connectivity index (χ1) is 5.86. The molecule has 0 aliphatic carbocycles. The van der Waals surface area contributed by atoms with Gasteiger partial charge in [-0.15, -0.1) is 0 Å². The lowest BCUT2D eigenvalue weighted by atomic mass is 10.1. The number of fused-ring (bicyclic) bond motifs is 1. The van der Waals surface area contributed by atoms with Crippen molar-refractivity contribution in [2.45, 2.75) is 19.8 Å². The van der Waals surface area contributed by atoms with Crippen molar-refractivity contribution >= 4 is 0 Å². The molecule has 0 fully saturated rings. The maximum atomic E-state index is 5.10. The zero-order valence-electron chi connectivity index (χ0n) is 7.17. The normalized spacial score (nSPS) is 16.1. The number of benzene rings is 1. The summed E-state index contributed by atoms with van der Waals surface area (Å²) < 4.78 is 0. The van der Waals surface area contributed by atoms with Gasteiger partial charge in [0, 0.05) is 0 Å². The van der Waals surface area contributed by atoms with Gasteiger partial charge in [0.2, 0.25) is 0 Å². The van der Waals surface area contributed by atoms with E-state index in [-0.39, 0.29) is 0 Å². The van der Waals surface area contributed by atoms with Crippen molar-refractivity contribution in [3.05, 3.63) is 29.3 Å². The van der Waals surface area contributed by atoms with Crippen molar-refractivity contribution in [2.24, 2.45) is 0 Å². The second-order valence-corrected chi connectivity index (χ2v) is 3.12. The molecule has 2 rings (SSSR count). The molecule has 64 valence electrons. The van der Waals surface area contributed by atoms with Crippen molar-refractivity contribution in [3.63, 3.8) is 0 Å². The Balaban J connectivity index is 2.36. The Kier molecular flexibility index (Phi) is 2.00. The van der Waals surface area contributed by atoms with Gasteiger partial charge in [-0.1, -0.05) is 17.7 Å². The quantitative estimate of drug-likeness (QED) is 0.547. The van der Waals surface area contributed by atoms with E-state index < -0.39 is 0 Å². The molecule has 0 amide bonds. The molecule has 0 atom stereocenters. The number of rotatable bonds is 0. The molecule has 0 unspecified atom stereocenters. The Bertz CT molecular complexity index is 281. The summed E-state index contributed by atoms with van der Waals surface area (Å²) in [7, 11) is 0. The van der Waals surface area contributed by atoms with E-state index in [4.69, 9.17) is 9.78 Å². The van der Waals surface area contributed by atoms with E-state index in [0.717, 1.165) is 18.6 Å². The molecular formula is C10H12O2. The van der Waals surface area contributed by atoms with Crippen molar-refractivity contribution in [3.8, 4) is 5.75 Å². The Morgan fingerprint density at radius 3 is 3.17 bits per heavy atom. The van der Waals surface area contributed by atoms with Gasteiger partial charge < -0.3 is 4.89 Å². The van der Waals surface area contributed by atoms with Gasteiger partial charge in [-0.2, -0.15) is 4.89 Å². The van der Waals surface area contributed by atoms with Gasteiger partial charge in [0.05, 0.1) is 6.61 Å². The smallest absolute Gasteiger partial charge is 0.168 e. The van der Waals surface area contributed by atoms with Gasteiger partial charge in [-0.25, -0.2) is 0 Å². The maximum Gasteiger partial charge on any atom is 0.168 e. The molecule has 1 aromatic rings. The highest BCUT2D eigenvalue weighted by Crippen LogP contribution is 2.23. The summed E-state index contributed by atoms with van der Waals surface area (Å²) in [4.78, 5) is 10.1. The monoisotopic (exact) mass is 164 g/mol. The fraction of sp³-hybridized carbons (Fsp3) is 0.400. The van der Waals surface area contributed by atoms with Gasteiger partial charge in [0.1, 0.15) is 0 Å². The van der Waals surface area contributed by atoms with Gasteiger partial charge in [0.15, 0.2) is 5.75 Å². The highest BCUT2D eigenvalue weighted by atomic mass is 17.2. The average Bonchev–Trinajstić information content (AvgIpc) is 2.28.